The van der Waals surface area contributed by atoms with Gasteiger partial charge in [0.2, 0.25) is 11.8 Å². The Bertz CT molecular complexity index is 628. The zero-order valence-electron chi connectivity index (χ0n) is 13.7. The second-order valence-corrected chi connectivity index (χ2v) is 6.40. The minimum absolute atomic E-state index is 0.158. The van der Waals surface area contributed by atoms with Crippen molar-refractivity contribution in [1.29, 1.82) is 0 Å². The zero-order valence-corrected chi connectivity index (χ0v) is 14.5. The number of hydrogen-bond donors (Lipinski definition) is 3. The Morgan fingerprint density at radius 3 is 2.61 bits per heavy atom. The SMILES string of the molecule is CCC(O)(CC)[C@]1(CCC(=O)NC)C(=O)Nc2cc(Cl)ccc21. The Kier molecular flexibility index (Phi) is 5.01. The summed E-state index contributed by atoms with van der Waals surface area (Å²) >= 11 is 6.02. The monoisotopic (exact) mass is 338 g/mol. The molecular formula is C17H23ClN2O3. The summed E-state index contributed by atoms with van der Waals surface area (Å²) in [6.07, 6.45) is 1.22. The van der Waals surface area contributed by atoms with E-state index in [-0.39, 0.29) is 24.7 Å². The van der Waals surface area contributed by atoms with E-state index >= 15 is 0 Å². The van der Waals surface area contributed by atoms with E-state index in [1.54, 1.807) is 25.2 Å². The molecule has 1 aromatic carbocycles. The summed E-state index contributed by atoms with van der Waals surface area (Å²) in [6, 6.07) is 5.17. The van der Waals surface area contributed by atoms with Gasteiger partial charge in [0.1, 0.15) is 5.41 Å². The highest BCUT2D eigenvalue weighted by Gasteiger charge is 2.58. The van der Waals surface area contributed by atoms with E-state index in [0.717, 1.165) is 0 Å². The van der Waals surface area contributed by atoms with Crippen LogP contribution in [0.2, 0.25) is 5.02 Å². The molecule has 1 aromatic rings. The summed E-state index contributed by atoms with van der Waals surface area (Å²) in [5, 5.41) is 17.1. The van der Waals surface area contributed by atoms with Crippen molar-refractivity contribution in [1.82, 2.24) is 5.32 Å². The molecule has 0 saturated heterocycles. The van der Waals surface area contributed by atoms with E-state index in [9.17, 15) is 14.7 Å². The molecule has 1 heterocycles. The van der Waals surface area contributed by atoms with E-state index in [1.807, 2.05) is 13.8 Å². The number of rotatable bonds is 6. The van der Waals surface area contributed by atoms with Crippen LogP contribution in [-0.2, 0) is 15.0 Å². The molecule has 2 amide bonds. The Labute approximate surface area is 141 Å². The average molecular weight is 339 g/mol. The van der Waals surface area contributed by atoms with Gasteiger partial charge in [0.15, 0.2) is 0 Å². The van der Waals surface area contributed by atoms with Gasteiger partial charge < -0.3 is 15.7 Å². The normalized spacial score (nSPS) is 20.1. The highest BCUT2D eigenvalue weighted by atomic mass is 35.5. The number of carbonyl (C=O) groups excluding carboxylic acids is 2. The minimum atomic E-state index is -1.23. The van der Waals surface area contributed by atoms with Crippen LogP contribution >= 0.6 is 11.6 Å². The van der Waals surface area contributed by atoms with Gasteiger partial charge in [-0.3, -0.25) is 9.59 Å². The van der Waals surface area contributed by atoms with Crippen molar-refractivity contribution in [3.63, 3.8) is 0 Å². The third kappa shape index (κ3) is 2.72. The van der Waals surface area contributed by atoms with Crippen molar-refractivity contribution in [2.24, 2.45) is 0 Å². The lowest BCUT2D eigenvalue weighted by molar-refractivity contribution is -0.135. The molecule has 2 rings (SSSR count). The molecule has 0 bridgehead atoms. The summed E-state index contributed by atoms with van der Waals surface area (Å²) in [5.41, 5.74) is -1.06. The van der Waals surface area contributed by atoms with Crippen LogP contribution in [0.25, 0.3) is 0 Å². The molecular weight excluding hydrogens is 316 g/mol. The molecule has 5 nitrogen and oxygen atoms in total. The van der Waals surface area contributed by atoms with E-state index in [4.69, 9.17) is 11.6 Å². The van der Waals surface area contributed by atoms with Crippen LogP contribution in [0.4, 0.5) is 5.69 Å². The first kappa shape index (κ1) is 17.8. The Morgan fingerprint density at radius 1 is 1.39 bits per heavy atom. The van der Waals surface area contributed by atoms with Crippen LogP contribution in [-0.4, -0.2) is 29.6 Å². The first-order chi connectivity index (χ1) is 10.8. The Balaban J connectivity index is 2.59. The number of aliphatic hydroxyl groups is 1. The van der Waals surface area contributed by atoms with E-state index in [1.165, 1.54) is 0 Å². The number of hydrogen-bond acceptors (Lipinski definition) is 3. The predicted molar refractivity (Wildman–Crippen MR) is 90.6 cm³/mol. The fourth-order valence-corrected chi connectivity index (χ4v) is 3.74. The maximum absolute atomic E-state index is 12.9. The predicted octanol–water partition coefficient (Wildman–Crippen LogP) is 2.61. The van der Waals surface area contributed by atoms with Gasteiger partial charge in [0.05, 0.1) is 5.60 Å². The largest absolute Gasteiger partial charge is 0.388 e. The van der Waals surface area contributed by atoms with Crippen LogP contribution in [0.1, 0.15) is 45.1 Å². The topological polar surface area (TPSA) is 78.4 Å². The maximum Gasteiger partial charge on any atom is 0.238 e. The molecule has 0 radical (unpaired) electrons. The van der Waals surface area contributed by atoms with Crippen molar-refractivity contribution in [3.8, 4) is 0 Å². The van der Waals surface area contributed by atoms with Crippen molar-refractivity contribution in [2.75, 3.05) is 12.4 Å². The highest BCUT2D eigenvalue weighted by molar-refractivity contribution is 6.31. The summed E-state index contributed by atoms with van der Waals surface area (Å²) in [7, 11) is 1.56. The van der Waals surface area contributed by atoms with Gasteiger partial charge in [-0.1, -0.05) is 31.5 Å². The van der Waals surface area contributed by atoms with E-state index in [2.05, 4.69) is 10.6 Å². The average Bonchev–Trinajstić information content (AvgIpc) is 2.83. The van der Waals surface area contributed by atoms with Crippen molar-refractivity contribution in [3.05, 3.63) is 28.8 Å². The van der Waals surface area contributed by atoms with E-state index in [0.29, 0.717) is 29.1 Å². The lowest BCUT2D eigenvalue weighted by Gasteiger charge is -2.43. The Hall–Kier alpha value is -1.59. The number of anilines is 1. The van der Waals surface area contributed by atoms with Gasteiger partial charge in [-0.15, -0.1) is 0 Å². The minimum Gasteiger partial charge on any atom is -0.388 e. The smallest absolute Gasteiger partial charge is 0.238 e. The molecule has 0 fully saturated rings. The first-order valence-electron chi connectivity index (χ1n) is 7.89. The lowest BCUT2D eigenvalue weighted by Crippen LogP contribution is -2.55. The molecule has 23 heavy (non-hydrogen) atoms. The van der Waals surface area contributed by atoms with Gasteiger partial charge >= 0.3 is 0 Å². The summed E-state index contributed by atoms with van der Waals surface area (Å²) < 4.78 is 0. The standard InChI is InChI=1S/C17H23ClN2O3/c1-4-16(23,5-2)17(9-8-14(21)19-3)12-7-6-11(18)10-13(12)20-15(17)22/h6-7,10,23H,4-5,8-9H2,1-3H3,(H,19,21)(H,20,22)/t17-/m0/s1. The number of halogens is 1. The lowest BCUT2D eigenvalue weighted by atomic mass is 9.63. The molecule has 1 aliphatic heterocycles. The molecule has 0 aliphatic carbocycles. The molecule has 0 aromatic heterocycles. The fourth-order valence-electron chi connectivity index (χ4n) is 3.57. The highest BCUT2D eigenvalue weighted by Crippen LogP contribution is 2.51. The van der Waals surface area contributed by atoms with Crippen LogP contribution < -0.4 is 10.6 Å². The maximum atomic E-state index is 12.9. The molecule has 6 heteroatoms. The van der Waals surface area contributed by atoms with Gasteiger partial charge in [0.25, 0.3) is 0 Å². The molecule has 126 valence electrons. The number of benzene rings is 1. The van der Waals surface area contributed by atoms with Crippen LogP contribution in [0, 0.1) is 0 Å². The summed E-state index contributed by atoms with van der Waals surface area (Å²) in [5.74, 6) is -0.431. The van der Waals surface area contributed by atoms with Crippen LogP contribution in [0.15, 0.2) is 18.2 Å². The molecule has 1 atom stereocenters. The van der Waals surface area contributed by atoms with E-state index < -0.39 is 11.0 Å². The fraction of sp³-hybridized carbons (Fsp3) is 0.529. The van der Waals surface area contributed by atoms with Gasteiger partial charge in [0, 0.05) is 24.2 Å². The second kappa shape index (κ2) is 6.49. The molecule has 0 spiro atoms. The number of amides is 2. The van der Waals surface area contributed by atoms with Crippen molar-refractivity contribution >= 4 is 29.1 Å². The molecule has 0 unspecified atom stereocenters. The third-order valence-electron chi connectivity index (χ3n) is 5.05. The molecule has 1 aliphatic rings. The summed E-state index contributed by atoms with van der Waals surface area (Å²) in [4.78, 5) is 24.6. The van der Waals surface area contributed by atoms with Gasteiger partial charge in [-0.2, -0.15) is 0 Å². The second-order valence-electron chi connectivity index (χ2n) is 5.96. The van der Waals surface area contributed by atoms with Crippen molar-refractivity contribution in [2.45, 2.75) is 50.5 Å². The zero-order chi connectivity index (χ0) is 17.3. The van der Waals surface area contributed by atoms with Crippen LogP contribution in [0.3, 0.4) is 0 Å². The number of fused-ring (bicyclic) bond motifs is 1. The molecule has 3 N–H and O–H groups in total. The van der Waals surface area contributed by atoms with Gasteiger partial charge in [-0.05, 0) is 37.0 Å². The Morgan fingerprint density at radius 2 is 2.04 bits per heavy atom. The molecule has 0 saturated carbocycles. The van der Waals surface area contributed by atoms with Crippen molar-refractivity contribution < 1.29 is 14.7 Å². The number of carbonyl (C=O) groups is 2. The van der Waals surface area contributed by atoms with Gasteiger partial charge in [-0.25, -0.2) is 0 Å². The number of nitrogens with one attached hydrogen (secondary N) is 2. The third-order valence-corrected chi connectivity index (χ3v) is 5.28. The van der Waals surface area contributed by atoms with Crippen LogP contribution in [0.5, 0.6) is 0 Å². The first-order valence-corrected chi connectivity index (χ1v) is 8.27. The quantitative estimate of drug-likeness (QED) is 0.746. The summed E-state index contributed by atoms with van der Waals surface area (Å²) in [6.45, 7) is 3.71.